The van der Waals surface area contributed by atoms with E-state index in [9.17, 15) is 14.7 Å². The van der Waals surface area contributed by atoms with Crippen LogP contribution in [0.25, 0.3) is 0 Å². The zero-order valence-corrected chi connectivity index (χ0v) is 17.2. The molecule has 0 spiro atoms. The first-order chi connectivity index (χ1) is 13.4. The van der Waals surface area contributed by atoms with Crippen LogP contribution in [0.2, 0.25) is 5.02 Å². The van der Waals surface area contributed by atoms with Gasteiger partial charge in [0.05, 0.1) is 13.2 Å². The highest BCUT2D eigenvalue weighted by Crippen LogP contribution is 2.31. The van der Waals surface area contributed by atoms with Gasteiger partial charge in [0.2, 0.25) is 5.91 Å². The molecule has 2 atom stereocenters. The molecular formula is C21H30ClNO5. The maximum absolute atomic E-state index is 11.8. The maximum Gasteiger partial charge on any atom is 0.331 e. The number of carbonyl (C=O) groups is 2. The molecule has 1 unspecified atom stereocenters. The Hall–Kier alpha value is -1.63. The molecule has 1 fully saturated rings. The van der Waals surface area contributed by atoms with Gasteiger partial charge in [0, 0.05) is 23.6 Å². The number of amides is 1. The van der Waals surface area contributed by atoms with Crippen LogP contribution in [-0.2, 0) is 25.5 Å². The van der Waals surface area contributed by atoms with Crippen molar-refractivity contribution < 1.29 is 24.2 Å². The number of esters is 1. The van der Waals surface area contributed by atoms with Gasteiger partial charge >= 0.3 is 5.97 Å². The molecule has 2 rings (SSSR count). The van der Waals surface area contributed by atoms with E-state index < -0.39 is 6.10 Å². The predicted octanol–water partition coefficient (Wildman–Crippen LogP) is 3.03. The van der Waals surface area contributed by atoms with Crippen molar-refractivity contribution in [1.82, 2.24) is 5.32 Å². The monoisotopic (exact) mass is 411 g/mol. The molecule has 0 radical (unpaired) electrons. The number of nitrogens with one attached hydrogen (secondary N) is 1. The summed E-state index contributed by atoms with van der Waals surface area (Å²) in [4.78, 5) is 22.8. The van der Waals surface area contributed by atoms with Crippen LogP contribution >= 0.6 is 11.6 Å². The van der Waals surface area contributed by atoms with Crippen molar-refractivity contribution in [2.24, 2.45) is 0 Å². The van der Waals surface area contributed by atoms with Crippen molar-refractivity contribution in [1.29, 1.82) is 0 Å². The van der Waals surface area contributed by atoms with E-state index in [0.717, 1.165) is 37.7 Å². The van der Waals surface area contributed by atoms with Gasteiger partial charge < -0.3 is 19.9 Å². The zero-order chi connectivity index (χ0) is 20.4. The van der Waals surface area contributed by atoms with Gasteiger partial charge in [-0.15, -0.1) is 0 Å². The molecular weight excluding hydrogens is 382 g/mol. The number of ether oxygens (including phenoxy) is 2. The fourth-order valence-corrected chi connectivity index (χ4v) is 3.85. The number of methoxy groups -OCH3 is 1. The fraction of sp³-hybridized carbons (Fsp3) is 0.619. The molecule has 1 heterocycles. The summed E-state index contributed by atoms with van der Waals surface area (Å²) in [6.07, 6.45) is 5.27. The van der Waals surface area contributed by atoms with Gasteiger partial charge in [0.15, 0.2) is 0 Å². The Morgan fingerprint density at radius 3 is 2.86 bits per heavy atom. The largest absolute Gasteiger partial charge is 0.467 e. The van der Waals surface area contributed by atoms with Crippen LogP contribution in [-0.4, -0.2) is 48.9 Å². The fourth-order valence-electron chi connectivity index (χ4n) is 3.64. The Labute approximate surface area is 171 Å². The first-order valence-electron chi connectivity index (χ1n) is 9.80. The van der Waals surface area contributed by atoms with E-state index in [1.54, 1.807) is 0 Å². The van der Waals surface area contributed by atoms with Crippen LogP contribution < -0.4 is 5.32 Å². The SMILES string of the molecule is COC(=O)COCCCCC1(CC[C@@H](O)Cc2cccc(Cl)c2)CCC(=O)N1. The summed E-state index contributed by atoms with van der Waals surface area (Å²) in [6.45, 7) is 0.449. The minimum atomic E-state index is -0.476. The van der Waals surface area contributed by atoms with Gasteiger partial charge in [0.25, 0.3) is 0 Å². The molecule has 1 amide bonds. The third-order valence-corrected chi connectivity index (χ3v) is 5.43. The quantitative estimate of drug-likeness (QED) is 0.408. The number of aliphatic hydroxyl groups is 1. The van der Waals surface area contributed by atoms with Crippen LogP contribution in [0.5, 0.6) is 0 Å². The molecule has 0 bridgehead atoms. The molecule has 1 aliphatic heterocycles. The highest BCUT2D eigenvalue weighted by Gasteiger charge is 2.37. The lowest BCUT2D eigenvalue weighted by Crippen LogP contribution is -2.42. The van der Waals surface area contributed by atoms with Gasteiger partial charge in [-0.05, 0) is 62.6 Å². The standard InChI is InChI=1S/C21H30ClNO5/c1-27-20(26)15-28-12-3-2-9-21(11-8-19(25)23-21)10-7-18(24)14-16-5-4-6-17(22)13-16/h4-6,13,18,24H,2-3,7-12,14-15H2,1H3,(H,23,25)/t18-,21?/m1/s1. The van der Waals surface area contributed by atoms with Crippen molar-refractivity contribution >= 4 is 23.5 Å². The molecule has 0 aromatic heterocycles. The van der Waals surface area contributed by atoms with E-state index in [0.29, 0.717) is 30.9 Å². The second-order valence-electron chi connectivity index (χ2n) is 7.44. The molecule has 7 heteroatoms. The molecule has 1 saturated heterocycles. The van der Waals surface area contributed by atoms with E-state index >= 15 is 0 Å². The van der Waals surface area contributed by atoms with Gasteiger partial charge in [-0.1, -0.05) is 23.7 Å². The van der Waals surface area contributed by atoms with E-state index in [1.165, 1.54) is 7.11 Å². The first kappa shape index (κ1) is 22.7. The molecule has 6 nitrogen and oxygen atoms in total. The molecule has 28 heavy (non-hydrogen) atoms. The van der Waals surface area contributed by atoms with E-state index in [1.807, 2.05) is 24.3 Å². The predicted molar refractivity (Wildman–Crippen MR) is 107 cm³/mol. The molecule has 1 aromatic carbocycles. The van der Waals surface area contributed by atoms with E-state index in [4.69, 9.17) is 16.3 Å². The molecule has 0 aliphatic carbocycles. The minimum Gasteiger partial charge on any atom is -0.467 e. The number of rotatable bonds is 12. The van der Waals surface area contributed by atoms with Crippen LogP contribution in [0.15, 0.2) is 24.3 Å². The second kappa shape index (κ2) is 11.4. The Balaban J connectivity index is 1.75. The number of unbranched alkanes of at least 4 members (excludes halogenated alkanes) is 1. The minimum absolute atomic E-state index is 0.0337. The van der Waals surface area contributed by atoms with Gasteiger partial charge in [-0.3, -0.25) is 4.79 Å². The number of carbonyl (C=O) groups excluding carboxylic acids is 2. The highest BCUT2D eigenvalue weighted by atomic mass is 35.5. The summed E-state index contributed by atoms with van der Waals surface area (Å²) < 4.78 is 9.79. The van der Waals surface area contributed by atoms with Crippen LogP contribution in [0.3, 0.4) is 0 Å². The Kier molecular flexibility index (Phi) is 9.22. The Bertz CT molecular complexity index is 653. The molecule has 1 aromatic rings. The molecule has 2 N–H and O–H groups in total. The molecule has 0 saturated carbocycles. The highest BCUT2D eigenvalue weighted by molar-refractivity contribution is 6.30. The third-order valence-electron chi connectivity index (χ3n) is 5.19. The number of halogens is 1. The lowest BCUT2D eigenvalue weighted by Gasteiger charge is -2.30. The summed E-state index contributed by atoms with van der Waals surface area (Å²) in [5.41, 5.74) is 0.752. The number of hydrogen-bond acceptors (Lipinski definition) is 5. The third kappa shape index (κ3) is 7.78. The van der Waals surface area contributed by atoms with Crippen molar-refractivity contribution in [2.45, 2.75) is 63.0 Å². The smallest absolute Gasteiger partial charge is 0.331 e. The lowest BCUT2D eigenvalue weighted by atomic mass is 9.84. The zero-order valence-electron chi connectivity index (χ0n) is 16.4. The summed E-state index contributed by atoms with van der Waals surface area (Å²) in [5.74, 6) is -0.306. The molecule has 156 valence electrons. The summed E-state index contributed by atoms with van der Waals surface area (Å²) in [7, 11) is 1.33. The number of benzene rings is 1. The lowest BCUT2D eigenvalue weighted by molar-refractivity contribution is -0.145. The number of hydrogen-bond donors (Lipinski definition) is 2. The normalized spacial score (nSPS) is 20.0. The second-order valence-corrected chi connectivity index (χ2v) is 7.88. The van der Waals surface area contributed by atoms with Crippen molar-refractivity contribution in [3.63, 3.8) is 0 Å². The van der Waals surface area contributed by atoms with Gasteiger partial charge in [-0.25, -0.2) is 4.79 Å². The van der Waals surface area contributed by atoms with Crippen LogP contribution in [0.4, 0.5) is 0 Å². The summed E-state index contributed by atoms with van der Waals surface area (Å²) in [6, 6.07) is 7.52. The van der Waals surface area contributed by atoms with Crippen molar-refractivity contribution in [2.75, 3.05) is 20.3 Å². The Morgan fingerprint density at radius 2 is 2.18 bits per heavy atom. The average molecular weight is 412 g/mol. The van der Waals surface area contributed by atoms with E-state index in [2.05, 4.69) is 10.1 Å². The first-order valence-corrected chi connectivity index (χ1v) is 10.2. The van der Waals surface area contributed by atoms with Crippen molar-refractivity contribution in [3.8, 4) is 0 Å². The van der Waals surface area contributed by atoms with Crippen LogP contribution in [0.1, 0.15) is 50.5 Å². The summed E-state index contributed by atoms with van der Waals surface area (Å²) >= 11 is 6.00. The maximum atomic E-state index is 11.8. The average Bonchev–Trinajstić information content (AvgIpc) is 3.04. The van der Waals surface area contributed by atoms with Crippen LogP contribution in [0, 0.1) is 0 Å². The topological polar surface area (TPSA) is 84.9 Å². The van der Waals surface area contributed by atoms with Gasteiger partial charge in [-0.2, -0.15) is 0 Å². The van der Waals surface area contributed by atoms with Gasteiger partial charge in [0.1, 0.15) is 6.61 Å². The summed E-state index contributed by atoms with van der Waals surface area (Å²) in [5, 5.41) is 14.2. The van der Waals surface area contributed by atoms with Crippen molar-refractivity contribution in [3.05, 3.63) is 34.9 Å². The van der Waals surface area contributed by atoms with E-state index in [-0.39, 0.29) is 24.0 Å². The Morgan fingerprint density at radius 1 is 1.36 bits per heavy atom. The number of aliphatic hydroxyl groups excluding tert-OH is 1. The molecule has 1 aliphatic rings.